The lowest BCUT2D eigenvalue weighted by Crippen LogP contribution is -2.23. The molecule has 20 heavy (non-hydrogen) atoms. The van der Waals surface area contributed by atoms with Gasteiger partial charge in [-0.15, -0.1) is 11.3 Å². The maximum Gasteiger partial charge on any atom is 0.129 e. The summed E-state index contributed by atoms with van der Waals surface area (Å²) in [6, 6.07) is 6.75. The highest BCUT2D eigenvalue weighted by atomic mass is 79.9. The summed E-state index contributed by atoms with van der Waals surface area (Å²) < 4.78 is 16.5. The molecular weight excluding hydrogens is 428 g/mol. The summed E-state index contributed by atoms with van der Waals surface area (Å²) in [5.41, 5.74) is 0.617. The normalized spacial score (nSPS) is 12.7. The van der Waals surface area contributed by atoms with Crippen LogP contribution in [0.3, 0.4) is 0 Å². The maximum atomic E-state index is 14.2. The van der Waals surface area contributed by atoms with Crippen LogP contribution in [0.25, 0.3) is 0 Å². The lowest BCUT2D eigenvalue weighted by molar-refractivity contribution is 0.549. The highest BCUT2D eigenvalue weighted by Gasteiger charge is 2.22. The first kappa shape index (κ1) is 16.4. The maximum absolute atomic E-state index is 14.2. The highest BCUT2D eigenvalue weighted by molar-refractivity contribution is 9.10. The first-order chi connectivity index (χ1) is 9.54. The number of hydrogen-bond donors (Lipinski definition) is 1. The summed E-state index contributed by atoms with van der Waals surface area (Å²) in [5.74, 6) is -0.228. The van der Waals surface area contributed by atoms with Crippen molar-refractivity contribution in [1.29, 1.82) is 0 Å². The molecule has 1 aromatic heterocycles. The Morgan fingerprint density at radius 1 is 1.35 bits per heavy atom. The van der Waals surface area contributed by atoms with Gasteiger partial charge in [0.25, 0.3) is 0 Å². The van der Waals surface area contributed by atoms with Crippen LogP contribution in [0.5, 0.6) is 0 Å². The fraction of sp³-hybridized carbons (Fsp3) is 0.286. The molecule has 6 heteroatoms. The van der Waals surface area contributed by atoms with E-state index in [4.69, 9.17) is 11.6 Å². The predicted molar refractivity (Wildman–Crippen MR) is 91.3 cm³/mol. The van der Waals surface area contributed by atoms with Crippen molar-refractivity contribution in [3.8, 4) is 0 Å². The van der Waals surface area contributed by atoms with E-state index in [9.17, 15) is 4.39 Å². The summed E-state index contributed by atoms with van der Waals surface area (Å²) in [4.78, 5) is 0.987. The molecule has 0 aliphatic carbocycles. The van der Waals surface area contributed by atoms with Gasteiger partial charge in [0.2, 0.25) is 0 Å². The van der Waals surface area contributed by atoms with Crippen molar-refractivity contribution < 1.29 is 4.39 Å². The van der Waals surface area contributed by atoms with Crippen molar-refractivity contribution in [1.82, 2.24) is 5.32 Å². The number of nitrogens with one attached hydrogen (secondary N) is 1. The molecular formula is C14H13Br2ClFNS. The van der Waals surface area contributed by atoms with Crippen LogP contribution in [0.4, 0.5) is 4.39 Å². The van der Waals surface area contributed by atoms with Gasteiger partial charge in [0.1, 0.15) is 10.2 Å². The lowest BCUT2D eigenvalue weighted by atomic mass is 10.0. The Morgan fingerprint density at radius 3 is 2.65 bits per heavy atom. The average Bonchev–Trinajstić information content (AvgIpc) is 2.73. The molecule has 1 unspecified atom stereocenters. The van der Waals surface area contributed by atoms with Crippen LogP contribution in [-0.4, -0.2) is 6.54 Å². The van der Waals surface area contributed by atoms with Crippen molar-refractivity contribution in [3.63, 3.8) is 0 Å². The van der Waals surface area contributed by atoms with Crippen molar-refractivity contribution in [2.24, 2.45) is 0 Å². The van der Waals surface area contributed by atoms with Gasteiger partial charge in [-0.1, -0.05) is 40.5 Å². The Kier molecular flexibility index (Phi) is 6.05. The van der Waals surface area contributed by atoms with Gasteiger partial charge in [-0.05, 0) is 47.1 Å². The molecule has 108 valence electrons. The zero-order valence-electron chi connectivity index (χ0n) is 10.7. The Balaban J connectivity index is 2.47. The minimum Gasteiger partial charge on any atom is -0.305 e. The number of benzene rings is 1. The fourth-order valence-corrected chi connectivity index (χ4v) is 4.32. The van der Waals surface area contributed by atoms with Crippen molar-refractivity contribution >= 4 is 54.8 Å². The molecule has 0 radical (unpaired) electrons. The molecule has 1 N–H and O–H groups in total. The molecule has 0 saturated heterocycles. The van der Waals surface area contributed by atoms with Crippen LogP contribution in [0.15, 0.2) is 33.2 Å². The van der Waals surface area contributed by atoms with Gasteiger partial charge in [-0.25, -0.2) is 4.39 Å². The van der Waals surface area contributed by atoms with Crippen molar-refractivity contribution in [3.05, 3.63) is 53.8 Å². The molecule has 0 aliphatic rings. The predicted octanol–water partition coefficient (Wildman–Crippen LogP) is 6.15. The summed E-state index contributed by atoms with van der Waals surface area (Å²) in [6.45, 7) is 2.89. The van der Waals surface area contributed by atoms with E-state index in [2.05, 4.69) is 44.1 Å². The van der Waals surface area contributed by atoms with Gasteiger partial charge in [-0.3, -0.25) is 0 Å². The second-order valence-electron chi connectivity index (χ2n) is 4.29. The SMILES string of the molecule is CCCNC(c1cc(Br)c(Cl)s1)c1c(F)cccc1Br. The van der Waals surface area contributed by atoms with E-state index in [1.165, 1.54) is 17.4 Å². The summed E-state index contributed by atoms with van der Waals surface area (Å²) in [6.07, 6.45) is 0.975. The number of halogens is 4. The van der Waals surface area contributed by atoms with Gasteiger partial charge in [0.15, 0.2) is 0 Å². The van der Waals surface area contributed by atoms with Crippen LogP contribution < -0.4 is 5.32 Å². The Labute approximate surface area is 143 Å². The smallest absolute Gasteiger partial charge is 0.129 e. The monoisotopic (exact) mass is 439 g/mol. The molecule has 1 aromatic carbocycles. The van der Waals surface area contributed by atoms with E-state index in [0.29, 0.717) is 9.90 Å². The molecule has 0 fully saturated rings. The van der Waals surface area contributed by atoms with Gasteiger partial charge in [-0.2, -0.15) is 0 Å². The summed E-state index contributed by atoms with van der Waals surface area (Å²) in [7, 11) is 0. The van der Waals surface area contributed by atoms with Crippen LogP contribution >= 0.6 is 54.8 Å². The van der Waals surface area contributed by atoms with Crippen LogP contribution in [0.1, 0.15) is 29.8 Å². The first-order valence-corrected chi connectivity index (χ1v) is 8.94. The molecule has 0 saturated carbocycles. The number of rotatable bonds is 5. The number of hydrogen-bond acceptors (Lipinski definition) is 2. The van der Waals surface area contributed by atoms with Crippen LogP contribution in [-0.2, 0) is 0 Å². The second-order valence-corrected chi connectivity index (χ2v) is 7.69. The molecule has 0 bridgehead atoms. The van der Waals surface area contributed by atoms with E-state index < -0.39 is 0 Å². The third kappa shape index (κ3) is 3.63. The average molecular weight is 442 g/mol. The van der Waals surface area contributed by atoms with Gasteiger partial charge >= 0.3 is 0 Å². The first-order valence-electron chi connectivity index (χ1n) is 6.16. The van der Waals surface area contributed by atoms with Crippen LogP contribution in [0, 0.1) is 5.82 Å². The van der Waals surface area contributed by atoms with E-state index >= 15 is 0 Å². The van der Waals surface area contributed by atoms with E-state index in [1.54, 1.807) is 6.07 Å². The fourth-order valence-electron chi connectivity index (χ4n) is 1.93. The molecule has 0 aliphatic heterocycles. The minimum atomic E-state index is -0.228. The Bertz CT molecular complexity index is 563. The Morgan fingerprint density at radius 2 is 2.10 bits per heavy atom. The van der Waals surface area contributed by atoms with Gasteiger partial charge in [0, 0.05) is 19.4 Å². The zero-order valence-corrected chi connectivity index (χ0v) is 15.5. The van der Waals surface area contributed by atoms with Crippen molar-refractivity contribution in [2.45, 2.75) is 19.4 Å². The standard InChI is InChI=1S/C14H13Br2ClFNS/c1-2-6-19-13(11-7-9(16)14(17)20-11)12-8(15)4-3-5-10(12)18/h3-5,7,13,19H,2,6H2,1H3. The third-order valence-corrected chi connectivity index (χ3v) is 6.07. The molecule has 2 rings (SSSR count). The second kappa shape index (κ2) is 7.36. The van der Waals surface area contributed by atoms with E-state index in [0.717, 1.165) is 26.8 Å². The topological polar surface area (TPSA) is 12.0 Å². The Hall–Kier alpha value is 0.0600. The number of thiophene rings is 1. The molecule has 1 nitrogen and oxygen atoms in total. The largest absolute Gasteiger partial charge is 0.305 e. The zero-order chi connectivity index (χ0) is 14.7. The molecule has 2 aromatic rings. The minimum absolute atomic E-state index is 0.209. The third-order valence-electron chi connectivity index (χ3n) is 2.84. The molecule has 0 spiro atoms. The molecule has 1 heterocycles. The van der Waals surface area contributed by atoms with E-state index in [-0.39, 0.29) is 11.9 Å². The molecule has 1 atom stereocenters. The van der Waals surface area contributed by atoms with Gasteiger partial charge < -0.3 is 5.32 Å². The molecule has 0 amide bonds. The van der Waals surface area contributed by atoms with Crippen molar-refractivity contribution in [2.75, 3.05) is 6.54 Å². The quantitative estimate of drug-likeness (QED) is 0.586. The lowest BCUT2D eigenvalue weighted by Gasteiger charge is -2.19. The summed E-state index contributed by atoms with van der Waals surface area (Å²) in [5, 5.41) is 3.39. The summed E-state index contributed by atoms with van der Waals surface area (Å²) >= 11 is 14.4. The van der Waals surface area contributed by atoms with Crippen LogP contribution in [0.2, 0.25) is 4.34 Å². The van der Waals surface area contributed by atoms with Gasteiger partial charge in [0.05, 0.1) is 6.04 Å². The highest BCUT2D eigenvalue weighted by Crippen LogP contribution is 2.39. The van der Waals surface area contributed by atoms with E-state index in [1.807, 2.05) is 12.1 Å².